The van der Waals surface area contributed by atoms with Gasteiger partial charge >= 0.3 is 0 Å². The predicted molar refractivity (Wildman–Crippen MR) is 112 cm³/mol. The Morgan fingerprint density at radius 2 is 1.63 bits per heavy atom. The van der Waals surface area contributed by atoms with Gasteiger partial charge in [0.2, 0.25) is 0 Å². The fourth-order valence-corrected chi connectivity index (χ4v) is 4.41. The topological polar surface area (TPSA) is 22.1 Å². The number of hydrogen-bond donors (Lipinski definition) is 0. The van der Waals surface area contributed by atoms with Crippen LogP contribution in [0, 0.1) is 19.8 Å². The van der Waals surface area contributed by atoms with Crippen LogP contribution in [0.3, 0.4) is 0 Å². The molecule has 0 amide bonds. The van der Waals surface area contributed by atoms with Crippen LogP contribution in [0.5, 0.6) is 5.75 Å². The summed E-state index contributed by atoms with van der Waals surface area (Å²) in [5.41, 5.74) is 4.69. The van der Waals surface area contributed by atoms with E-state index in [9.17, 15) is 0 Å². The first kappa shape index (κ1) is 18.0. The van der Waals surface area contributed by atoms with Gasteiger partial charge in [-0.05, 0) is 43.4 Å². The summed E-state index contributed by atoms with van der Waals surface area (Å²) in [6, 6.07) is 17.2. The number of aromatic nitrogens is 1. The minimum absolute atomic E-state index is 0.575. The Bertz CT molecular complexity index is 911. The minimum atomic E-state index is 0.575. The molecule has 0 aliphatic heterocycles. The van der Waals surface area contributed by atoms with Crippen molar-refractivity contribution in [3.63, 3.8) is 0 Å². The second-order valence-electron chi connectivity index (χ2n) is 7.97. The number of pyridine rings is 1. The van der Waals surface area contributed by atoms with Crippen LogP contribution in [-0.2, 0) is 13.0 Å². The van der Waals surface area contributed by atoms with Crippen LogP contribution >= 0.6 is 0 Å². The summed E-state index contributed by atoms with van der Waals surface area (Å²) in [4.78, 5) is 4.78. The summed E-state index contributed by atoms with van der Waals surface area (Å²) in [6.45, 7) is 4.73. The Morgan fingerprint density at radius 1 is 0.852 bits per heavy atom. The third kappa shape index (κ3) is 4.16. The molecule has 27 heavy (non-hydrogen) atoms. The van der Waals surface area contributed by atoms with Crippen LogP contribution in [0.15, 0.2) is 48.5 Å². The monoisotopic (exact) mass is 359 g/mol. The molecule has 0 radical (unpaired) electrons. The van der Waals surface area contributed by atoms with Crippen LogP contribution in [0.2, 0.25) is 0 Å². The van der Waals surface area contributed by atoms with Crippen molar-refractivity contribution < 1.29 is 4.74 Å². The minimum Gasteiger partial charge on any atom is -0.486 e. The van der Waals surface area contributed by atoms with Gasteiger partial charge in [0.05, 0.1) is 5.69 Å². The molecule has 2 nitrogen and oxygen atoms in total. The summed E-state index contributed by atoms with van der Waals surface area (Å²) in [5.74, 6) is 1.77. The Labute approximate surface area is 162 Å². The Morgan fingerprint density at radius 3 is 2.41 bits per heavy atom. The first-order chi connectivity index (χ1) is 13.2. The van der Waals surface area contributed by atoms with Crippen molar-refractivity contribution in [1.29, 1.82) is 0 Å². The fraction of sp³-hybridized carbons (Fsp3) is 0.400. The van der Waals surface area contributed by atoms with Crippen molar-refractivity contribution in [3.8, 4) is 5.75 Å². The number of fused-ring (bicyclic) bond motifs is 1. The molecule has 1 aromatic heterocycles. The van der Waals surface area contributed by atoms with Gasteiger partial charge in [-0.1, -0.05) is 74.6 Å². The number of rotatable bonds is 5. The van der Waals surface area contributed by atoms with Crippen molar-refractivity contribution in [2.75, 3.05) is 0 Å². The first-order valence-corrected chi connectivity index (χ1v) is 10.3. The zero-order chi connectivity index (χ0) is 18.6. The number of nitrogens with zero attached hydrogens (tertiary/aromatic N) is 1. The number of benzene rings is 2. The molecule has 0 saturated heterocycles. The van der Waals surface area contributed by atoms with Crippen LogP contribution in [-0.4, -0.2) is 4.98 Å². The van der Waals surface area contributed by atoms with Gasteiger partial charge in [-0.25, -0.2) is 0 Å². The lowest BCUT2D eigenvalue weighted by atomic mass is 9.84. The largest absolute Gasteiger partial charge is 0.486 e. The lowest BCUT2D eigenvalue weighted by Crippen LogP contribution is -2.09. The first-order valence-electron chi connectivity index (χ1n) is 10.3. The van der Waals surface area contributed by atoms with Gasteiger partial charge in [0.1, 0.15) is 12.4 Å². The van der Waals surface area contributed by atoms with Gasteiger partial charge in [0.15, 0.2) is 0 Å². The average molecular weight is 360 g/mol. The van der Waals surface area contributed by atoms with E-state index in [4.69, 9.17) is 9.72 Å². The molecule has 1 heterocycles. The third-order valence-corrected chi connectivity index (χ3v) is 5.86. The summed E-state index contributed by atoms with van der Waals surface area (Å²) in [5, 5.41) is 2.42. The second kappa shape index (κ2) is 8.12. The molecular weight excluding hydrogens is 330 g/mol. The summed E-state index contributed by atoms with van der Waals surface area (Å²) < 4.78 is 6.22. The number of hydrogen-bond acceptors (Lipinski definition) is 2. The standard InChI is InChI=1S/C25H29NO/c1-18-24-16-22(15-20-9-5-3-6-10-20)13-14-23(24)25(19(2)26-18)27-17-21-11-7-4-8-12-21/h4,7-8,11-14,16,20H,3,5-6,9-10,15,17H2,1-2H3. The third-order valence-electron chi connectivity index (χ3n) is 5.86. The maximum absolute atomic E-state index is 6.22. The molecule has 2 heteroatoms. The van der Waals surface area contributed by atoms with Crippen LogP contribution in [0.4, 0.5) is 0 Å². The molecule has 4 rings (SSSR count). The van der Waals surface area contributed by atoms with Crippen LogP contribution in [0.1, 0.15) is 54.6 Å². The smallest absolute Gasteiger partial charge is 0.148 e. The molecular formula is C25H29NO. The molecule has 1 fully saturated rings. The SMILES string of the molecule is Cc1nc(C)c2cc(CC3CCCCC3)ccc2c1OCc1ccccc1. The predicted octanol–water partition coefficient (Wildman–Crippen LogP) is 6.55. The van der Waals surface area contributed by atoms with E-state index < -0.39 is 0 Å². The highest BCUT2D eigenvalue weighted by Gasteiger charge is 2.16. The fourth-order valence-electron chi connectivity index (χ4n) is 4.41. The molecule has 0 atom stereocenters. The molecule has 1 saturated carbocycles. The van der Waals surface area contributed by atoms with Crippen molar-refractivity contribution in [3.05, 3.63) is 71.0 Å². The highest BCUT2D eigenvalue weighted by Crippen LogP contribution is 2.33. The lowest BCUT2D eigenvalue weighted by Gasteiger charge is -2.22. The average Bonchev–Trinajstić information content (AvgIpc) is 2.70. The van der Waals surface area contributed by atoms with Gasteiger partial charge in [0, 0.05) is 16.5 Å². The van der Waals surface area contributed by atoms with E-state index in [0.717, 1.165) is 23.1 Å². The molecule has 3 aromatic rings. The molecule has 2 aromatic carbocycles. The summed E-state index contributed by atoms with van der Waals surface area (Å²) in [7, 11) is 0. The Balaban J connectivity index is 1.61. The Hall–Kier alpha value is -2.35. The lowest BCUT2D eigenvalue weighted by molar-refractivity contribution is 0.306. The van der Waals surface area contributed by atoms with E-state index in [0.29, 0.717) is 6.61 Å². The molecule has 0 bridgehead atoms. The maximum Gasteiger partial charge on any atom is 0.148 e. The van der Waals surface area contributed by atoms with E-state index in [1.54, 1.807) is 0 Å². The molecule has 140 valence electrons. The Kier molecular flexibility index (Phi) is 5.42. The molecule has 1 aliphatic rings. The normalized spacial score (nSPS) is 15.2. The van der Waals surface area contributed by atoms with Gasteiger partial charge in [-0.15, -0.1) is 0 Å². The quantitative estimate of drug-likeness (QED) is 0.515. The van der Waals surface area contributed by atoms with E-state index >= 15 is 0 Å². The molecule has 0 unspecified atom stereocenters. The highest BCUT2D eigenvalue weighted by atomic mass is 16.5. The number of ether oxygens (including phenoxy) is 1. The van der Waals surface area contributed by atoms with Crippen molar-refractivity contribution in [1.82, 2.24) is 4.98 Å². The van der Waals surface area contributed by atoms with Gasteiger partial charge in [0.25, 0.3) is 0 Å². The van der Waals surface area contributed by atoms with E-state index in [2.05, 4.69) is 49.4 Å². The van der Waals surface area contributed by atoms with Gasteiger partial charge < -0.3 is 4.74 Å². The van der Waals surface area contributed by atoms with Crippen LogP contribution < -0.4 is 4.74 Å². The zero-order valence-corrected chi connectivity index (χ0v) is 16.5. The maximum atomic E-state index is 6.22. The van der Waals surface area contributed by atoms with Gasteiger partial charge in [-0.3, -0.25) is 4.98 Å². The van der Waals surface area contributed by atoms with Crippen LogP contribution in [0.25, 0.3) is 10.8 Å². The zero-order valence-electron chi connectivity index (χ0n) is 16.5. The van der Waals surface area contributed by atoms with E-state index in [1.807, 2.05) is 13.0 Å². The second-order valence-corrected chi connectivity index (χ2v) is 7.97. The van der Waals surface area contributed by atoms with Gasteiger partial charge in [-0.2, -0.15) is 0 Å². The number of aryl methyl sites for hydroxylation is 2. The van der Waals surface area contributed by atoms with E-state index in [1.165, 1.54) is 60.4 Å². The molecule has 0 spiro atoms. The molecule has 1 aliphatic carbocycles. The summed E-state index contributed by atoms with van der Waals surface area (Å²) >= 11 is 0. The van der Waals surface area contributed by atoms with Crippen molar-refractivity contribution >= 4 is 10.8 Å². The highest BCUT2D eigenvalue weighted by molar-refractivity contribution is 5.91. The molecule has 0 N–H and O–H groups in total. The van der Waals surface area contributed by atoms with E-state index in [-0.39, 0.29) is 0 Å². The van der Waals surface area contributed by atoms with Crippen molar-refractivity contribution in [2.24, 2.45) is 5.92 Å². The van der Waals surface area contributed by atoms with Crippen molar-refractivity contribution in [2.45, 2.75) is 59.0 Å². The summed E-state index contributed by atoms with van der Waals surface area (Å²) in [6.07, 6.45) is 8.18.